The van der Waals surface area contributed by atoms with Gasteiger partial charge in [0.15, 0.2) is 5.92 Å². The number of phenols is 1. The molecule has 0 atom stereocenters. The first kappa shape index (κ1) is 63.6. The normalized spacial score (nSPS) is 25.0. The summed E-state index contributed by atoms with van der Waals surface area (Å²) in [4.78, 5) is 39.8. The molecule has 4 aliphatic rings. The highest BCUT2D eigenvalue weighted by Crippen LogP contribution is 2.54. The lowest BCUT2D eigenvalue weighted by atomic mass is 9.60. The van der Waals surface area contributed by atoms with Crippen LogP contribution in [-0.2, 0) is 36.3 Å². The van der Waals surface area contributed by atoms with Crippen LogP contribution in [0.15, 0.2) is 12.1 Å². The van der Waals surface area contributed by atoms with Gasteiger partial charge in [-0.1, -0.05) is 53.7 Å². The van der Waals surface area contributed by atoms with E-state index in [4.69, 9.17) is 9.47 Å². The summed E-state index contributed by atoms with van der Waals surface area (Å²) in [5, 5.41) is 11.7. The number of likely N-dealkylation sites (tertiary alicyclic amines) is 4. The van der Waals surface area contributed by atoms with Gasteiger partial charge in [-0.25, -0.2) is 0 Å². The fourth-order valence-corrected chi connectivity index (χ4v) is 16.4. The Kier molecular flexibility index (Phi) is 18.7. The maximum absolute atomic E-state index is 14.7. The van der Waals surface area contributed by atoms with Crippen LogP contribution in [-0.4, -0.2) is 122 Å². The van der Waals surface area contributed by atoms with Gasteiger partial charge >= 0.3 is 11.9 Å². The average Bonchev–Trinajstić information content (AvgIpc) is 3.23. The summed E-state index contributed by atoms with van der Waals surface area (Å²) in [6, 6.07) is 4.00. The highest BCUT2D eigenvalue weighted by molar-refractivity contribution is 5.95. The van der Waals surface area contributed by atoms with Crippen molar-refractivity contribution in [3.8, 4) is 5.75 Å². The van der Waals surface area contributed by atoms with Crippen molar-refractivity contribution in [1.82, 2.24) is 19.6 Å². The summed E-state index contributed by atoms with van der Waals surface area (Å²) in [5.41, 5.74) is 2.26. The van der Waals surface area contributed by atoms with Crippen LogP contribution in [0.3, 0.4) is 0 Å². The third-order valence-corrected chi connectivity index (χ3v) is 21.4. The summed E-state index contributed by atoms with van der Waals surface area (Å²) in [5.74, 6) is 1.28. The Morgan fingerprint density at radius 3 is 0.920 bits per heavy atom. The summed E-state index contributed by atoms with van der Waals surface area (Å²) in [6.45, 7) is 51.7. The van der Waals surface area contributed by atoms with Crippen molar-refractivity contribution in [3.05, 3.63) is 28.8 Å². The second-order valence-corrected chi connectivity index (χ2v) is 32.7. The van der Waals surface area contributed by atoms with E-state index in [-0.39, 0.29) is 80.5 Å². The van der Waals surface area contributed by atoms with Crippen LogP contribution >= 0.6 is 0 Å². The minimum Gasteiger partial charge on any atom is -0.507 e. The number of carbonyl (C=O) groups excluding carboxylic acids is 2. The first-order valence-corrected chi connectivity index (χ1v) is 29.9. The summed E-state index contributed by atoms with van der Waals surface area (Å²) < 4.78 is 12.6. The second-order valence-electron chi connectivity index (χ2n) is 32.7. The minimum atomic E-state index is -1.13. The third kappa shape index (κ3) is 14.4. The molecule has 1 N–H and O–H groups in total. The van der Waals surface area contributed by atoms with Crippen molar-refractivity contribution in [1.29, 1.82) is 0 Å². The van der Waals surface area contributed by atoms with Gasteiger partial charge in [-0.3, -0.25) is 29.2 Å². The highest BCUT2D eigenvalue weighted by Gasteiger charge is 2.53. The van der Waals surface area contributed by atoms with Gasteiger partial charge < -0.3 is 14.6 Å². The molecule has 4 aliphatic heterocycles. The number of carbonyl (C=O) groups is 2. The van der Waals surface area contributed by atoms with E-state index in [2.05, 4.69) is 200 Å². The molecule has 0 unspecified atom stereocenters. The van der Waals surface area contributed by atoms with Crippen molar-refractivity contribution in [2.24, 2.45) is 41.4 Å². The van der Waals surface area contributed by atoms with Gasteiger partial charge in [-0.2, -0.15) is 0 Å². The summed E-state index contributed by atoms with van der Waals surface area (Å²) in [7, 11) is 9.19. The van der Waals surface area contributed by atoms with Crippen molar-refractivity contribution >= 4 is 11.9 Å². The number of phenolic OH excluding ortho intramolecular Hbond substituents is 1. The predicted molar refractivity (Wildman–Crippen MR) is 315 cm³/mol. The zero-order valence-corrected chi connectivity index (χ0v) is 53.7. The number of aromatic hydroxyl groups is 1. The van der Waals surface area contributed by atoms with E-state index in [0.29, 0.717) is 35.5 Å². The van der Waals surface area contributed by atoms with Crippen molar-refractivity contribution in [2.45, 2.75) is 291 Å². The van der Waals surface area contributed by atoms with Crippen molar-refractivity contribution in [2.75, 3.05) is 41.4 Å². The Bertz CT molecular complexity index is 1840. The summed E-state index contributed by atoms with van der Waals surface area (Å²) >= 11 is 0. The lowest BCUT2D eigenvalue weighted by molar-refractivity contribution is -0.162. The van der Waals surface area contributed by atoms with E-state index in [1.807, 2.05) is 12.1 Å². The number of esters is 2. The van der Waals surface area contributed by atoms with E-state index >= 15 is 0 Å². The van der Waals surface area contributed by atoms with Crippen molar-refractivity contribution in [3.63, 3.8) is 0 Å². The molecule has 1 aromatic rings. The molecule has 0 saturated carbocycles. The molecule has 4 heterocycles. The molecule has 9 heteroatoms. The van der Waals surface area contributed by atoms with Gasteiger partial charge in [0.2, 0.25) is 0 Å². The number of hydrogen-bond donors (Lipinski definition) is 1. The van der Waals surface area contributed by atoms with Crippen LogP contribution in [0.1, 0.15) is 246 Å². The first-order valence-electron chi connectivity index (χ1n) is 29.9. The third-order valence-electron chi connectivity index (χ3n) is 21.4. The average molecular weight is 1050 g/mol. The molecule has 0 bridgehead atoms. The number of hydrogen-bond acceptors (Lipinski definition) is 9. The molecular formula is C66H118N4O5. The zero-order valence-electron chi connectivity index (χ0n) is 53.7. The SMILES string of the molecule is CN1C(C)(C)CC(C(CCCOC(=O)C(Cc2cc(C(C)(C)C)c(O)c(C(C)(C)C)c2)C(=O)OCCCC(C2CC(C)(C)N(C)C(C)(C)C2)C2CC(C)(C)N(C)C(C)(C)C2)C2CC(C)(C)N(C)C(C)(C)C2)CC1(C)C. The molecule has 432 valence electrons. The predicted octanol–water partition coefficient (Wildman–Crippen LogP) is 14.6. The maximum Gasteiger partial charge on any atom is 0.320 e. The molecule has 9 nitrogen and oxygen atoms in total. The lowest BCUT2D eigenvalue weighted by Gasteiger charge is -2.59. The van der Waals surface area contributed by atoms with Gasteiger partial charge in [0.1, 0.15) is 5.75 Å². The molecule has 5 rings (SSSR count). The molecular weight excluding hydrogens is 929 g/mol. The van der Waals surface area contributed by atoms with Crippen LogP contribution < -0.4 is 0 Å². The smallest absolute Gasteiger partial charge is 0.320 e. The molecule has 4 fully saturated rings. The van der Waals surface area contributed by atoms with Gasteiger partial charge in [0.05, 0.1) is 13.2 Å². The van der Waals surface area contributed by atoms with Crippen LogP contribution in [0.5, 0.6) is 5.75 Å². The highest BCUT2D eigenvalue weighted by atomic mass is 16.6. The van der Waals surface area contributed by atoms with Crippen LogP contribution in [0.25, 0.3) is 0 Å². The van der Waals surface area contributed by atoms with Gasteiger partial charge in [-0.15, -0.1) is 0 Å². The number of nitrogens with zero attached hydrogens (tertiary/aromatic N) is 4. The Hall–Kier alpha value is -2.20. The largest absolute Gasteiger partial charge is 0.507 e. The molecule has 0 aromatic heterocycles. The van der Waals surface area contributed by atoms with E-state index in [1.54, 1.807) is 0 Å². The quantitative estimate of drug-likeness (QED) is 0.0988. The van der Waals surface area contributed by atoms with Crippen molar-refractivity contribution < 1.29 is 24.2 Å². The zero-order chi connectivity index (χ0) is 57.2. The minimum absolute atomic E-state index is 0.0670. The first-order chi connectivity index (χ1) is 33.8. The molecule has 0 amide bonds. The van der Waals surface area contributed by atoms with Gasteiger partial charge in [-0.05, 0) is 285 Å². The Labute approximate surface area is 462 Å². The lowest BCUT2D eigenvalue weighted by Crippen LogP contribution is -2.62. The number of benzene rings is 1. The van der Waals surface area contributed by atoms with Crippen LogP contribution in [0, 0.1) is 41.4 Å². The Morgan fingerprint density at radius 1 is 0.480 bits per heavy atom. The molecule has 0 aliphatic carbocycles. The van der Waals surface area contributed by atoms with E-state index in [1.165, 1.54) is 0 Å². The fraction of sp³-hybridized carbons (Fsp3) is 0.879. The molecule has 0 spiro atoms. The molecule has 75 heavy (non-hydrogen) atoms. The summed E-state index contributed by atoms with van der Waals surface area (Å²) in [6.07, 6.45) is 12.7. The number of rotatable bonds is 16. The van der Waals surface area contributed by atoms with Crippen LogP contribution in [0.2, 0.25) is 0 Å². The number of piperidine rings is 4. The molecule has 4 saturated heterocycles. The molecule has 0 radical (unpaired) electrons. The maximum atomic E-state index is 14.7. The number of ether oxygens (including phenoxy) is 2. The van der Waals surface area contributed by atoms with Gasteiger partial charge in [0, 0.05) is 44.3 Å². The fourth-order valence-electron chi connectivity index (χ4n) is 16.4. The molecule has 1 aromatic carbocycles. The second kappa shape index (κ2) is 22.0. The standard InChI is InChI=1S/C66H118N4O5/c1-57(2,3)52-34-44(35-53(54(52)71)58(4,5)6)33-51(55(72)74-31-27-29-49(45-36-59(7,8)67(23)60(9,10)37-45)46-38-61(11,12)68(24)62(13,14)39-46)56(73)75-32-28-30-50(47-40-63(15,16)69(25)64(17,18)41-47)48-42-65(19,20)70(26)66(21,22)43-48/h34-35,45-51,71H,27-33,36-43H2,1-26H3. The monoisotopic (exact) mass is 1050 g/mol. The Morgan fingerprint density at radius 2 is 0.707 bits per heavy atom. The van der Waals surface area contributed by atoms with Crippen LogP contribution in [0.4, 0.5) is 0 Å². The van der Waals surface area contributed by atoms with E-state index in [9.17, 15) is 14.7 Å². The van der Waals surface area contributed by atoms with E-state index < -0.39 is 17.9 Å². The topological polar surface area (TPSA) is 85.8 Å². The van der Waals surface area contributed by atoms with Gasteiger partial charge in [0.25, 0.3) is 0 Å². The van der Waals surface area contributed by atoms with E-state index in [0.717, 1.165) is 93.7 Å². The Balaban J connectivity index is 1.41.